The predicted octanol–water partition coefficient (Wildman–Crippen LogP) is 7.56. The number of hydrogen-bond acceptors (Lipinski definition) is 0. The van der Waals surface area contributed by atoms with E-state index in [1.807, 2.05) is 0 Å². The molecule has 2 atom stereocenters. The molecule has 0 aromatic heterocycles. The second kappa shape index (κ2) is 10.8. The minimum atomic E-state index is -0.491. The van der Waals surface area contributed by atoms with Gasteiger partial charge < -0.3 is 0 Å². The second-order valence-corrected chi connectivity index (χ2v) is 13.6. The molecule has 0 unspecified atom stereocenters. The van der Waals surface area contributed by atoms with Crippen molar-refractivity contribution in [2.45, 2.75) is 0 Å². The van der Waals surface area contributed by atoms with Gasteiger partial charge in [0.2, 0.25) is 0 Å². The summed E-state index contributed by atoms with van der Waals surface area (Å²) in [6, 6.07) is 53.8. The van der Waals surface area contributed by atoms with E-state index in [1.165, 1.54) is 42.8 Å². The summed E-state index contributed by atoms with van der Waals surface area (Å²) in [4.78, 5) is 0. The molecule has 0 aliphatic heterocycles. The standard InChI is InChI=1S/C34H28P2/c1-3-17-29(18-4-1)35(33-23-11-15-27-13-7-9-21-31(27)33)25-26-36(30-19-5-2-6-20-30)34-24-12-16-28-14-8-10-22-32(28)34/h1-24H,25-26H2/t35-,36+. The van der Waals surface area contributed by atoms with Gasteiger partial charge in [-0.2, -0.15) is 0 Å². The lowest BCUT2D eigenvalue weighted by molar-refractivity contribution is 1.51. The maximum Gasteiger partial charge on any atom is -0.0104 e. The van der Waals surface area contributed by atoms with Crippen LogP contribution in [0.3, 0.4) is 0 Å². The largest absolute Gasteiger partial charge is 0.0622 e. The summed E-state index contributed by atoms with van der Waals surface area (Å²) in [5.41, 5.74) is 0. The molecule has 0 saturated heterocycles. The normalized spacial score (nSPS) is 13.0. The first-order valence-corrected chi connectivity index (χ1v) is 15.5. The Labute approximate surface area is 216 Å². The summed E-state index contributed by atoms with van der Waals surface area (Å²) in [6.45, 7) is 0. The highest BCUT2D eigenvalue weighted by Gasteiger charge is 2.21. The summed E-state index contributed by atoms with van der Waals surface area (Å²) < 4.78 is 0. The first-order chi connectivity index (χ1) is 17.9. The van der Waals surface area contributed by atoms with Crippen molar-refractivity contribution in [2.24, 2.45) is 0 Å². The fraction of sp³-hybridized carbons (Fsp3) is 0.0588. The van der Waals surface area contributed by atoms with Gasteiger partial charge in [0.05, 0.1) is 0 Å². The van der Waals surface area contributed by atoms with Crippen molar-refractivity contribution in [3.05, 3.63) is 146 Å². The highest BCUT2D eigenvalue weighted by Crippen LogP contribution is 2.43. The van der Waals surface area contributed by atoms with Crippen LogP contribution in [0.15, 0.2) is 146 Å². The van der Waals surface area contributed by atoms with E-state index < -0.39 is 15.8 Å². The lowest BCUT2D eigenvalue weighted by Gasteiger charge is -2.25. The van der Waals surface area contributed by atoms with E-state index in [4.69, 9.17) is 0 Å². The number of fused-ring (bicyclic) bond motifs is 2. The van der Waals surface area contributed by atoms with E-state index in [2.05, 4.69) is 146 Å². The Balaban J connectivity index is 1.44. The van der Waals surface area contributed by atoms with E-state index in [0.29, 0.717) is 0 Å². The molecule has 6 aromatic rings. The SMILES string of the molecule is c1ccc([P@@](CC[P@@](c2ccccc2)c2cccc3ccccc23)c2cccc3ccccc23)cc1. The molecule has 2 heteroatoms. The van der Waals surface area contributed by atoms with Gasteiger partial charge in [-0.1, -0.05) is 146 Å². The highest BCUT2D eigenvalue weighted by atomic mass is 31.1. The molecule has 0 radical (unpaired) electrons. The van der Waals surface area contributed by atoms with Crippen LogP contribution in [0.5, 0.6) is 0 Å². The zero-order chi connectivity index (χ0) is 24.2. The summed E-state index contributed by atoms with van der Waals surface area (Å²) in [5.74, 6) is 0. The second-order valence-electron chi connectivity index (χ2n) is 8.97. The molecule has 0 N–H and O–H groups in total. The molecule has 0 fully saturated rings. The van der Waals surface area contributed by atoms with Crippen LogP contribution in [0.25, 0.3) is 21.5 Å². The molecule has 36 heavy (non-hydrogen) atoms. The number of benzene rings is 6. The summed E-state index contributed by atoms with van der Waals surface area (Å²) in [7, 11) is -0.982. The van der Waals surface area contributed by atoms with Gasteiger partial charge in [-0.05, 0) is 70.9 Å². The molecule has 174 valence electrons. The van der Waals surface area contributed by atoms with Crippen molar-refractivity contribution in [1.29, 1.82) is 0 Å². The van der Waals surface area contributed by atoms with Crippen LogP contribution in [-0.2, 0) is 0 Å². The third-order valence-electron chi connectivity index (χ3n) is 6.80. The van der Waals surface area contributed by atoms with Crippen molar-refractivity contribution in [1.82, 2.24) is 0 Å². The molecule has 0 aliphatic carbocycles. The Hall–Kier alpha value is -3.30. The number of hydrogen-bond donors (Lipinski definition) is 0. The van der Waals surface area contributed by atoms with E-state index in [9.17, 15) is 0 Å². The van der Waals surface area contributed by atoms with Crippen LogP contribution in [-0.4, -0.2) is 12.3 Å². The van der Waals surface area contributed by atoms with Crippen molar-refractivity contribution in [3.8, 4) is 0 Å². The molecule has 0 heterocycles. The van der Waals surface area contributed by atoms with Gasteiger partial charge in [0.15, 0.2) is 0 Å². The van der Waals surface area contributed by atoms with Gasteiger partial charge in [0, 0.05) is 0 Å². The quantitative estimate of drug-likeness (QED) is 0.199. The molecular weight excluding hydrogens is 470 g/mol. The van der Waals surface area contributed by atoms with Gasteiger partial charge in [0.1, 0.15) is 0 Å². The van der Waals surface area contributed by atoms with Crippen LogP contribution in [0.4, 0.5) is 0 Å². The summed E-state index contributed by atoms with van der Waals surface area (Å²) >= 11 is 0. The maximum absolute atomic E-state index is 2.36. The topological polar surface area (TPSA) is 0 Å². The Kier molecular flexibility index (Phi) is 6.91. The molecule has 0 nitrogen and oxygen atoms in total. The Morgan fingerprint density at radius 3 is 1.14 bits per heavy atom. The first kappa shape index (κ1) is 23.1. The minimum absolute atomic E-state index is 0.491. The predicted molar refractivity (Wildman–Crippen MR) is 163 cm³/mol. The van der Waals surface area contributed by atoms with Gasteiger partial charge >= 0.3 is 0 Å². The molecule has 0 aliphatic rings. The first-order valence-electron chi connectivity index (χ1n) is 12.5. The molecule has 6 rings (SSSR count). The van der Waals surface area contributed by atoms with Crippen molar-refractivity contribution < 1.29 is 0 Å². The third kappa shape index (κ3) is 4.73. The molecular formula is C34H28P2. The van der Waals surface area contributed by atoms with Crippen molar-refractivity contribution in [2.75, 3.05) is 12.3 Å². The zero-order valence-corrected chi connectivity index (χ0v) is 22.0. The fourth-order valence-electron chi connectivity index (χ4n) is 5.08. The van der Waals surface area contributed by atoms with Gasteiger partial charge in [-0.15, -0.1) is 0 Å². The highest BCUT2D eigenvalue weighted by molar-refractivity contribution is 7.77. The van der Waals surface area contributed by atoms with Crippen LogP contribution >= 0.6 is 15.8 Å². The lowest BCUT2D eigenvalue weighted by atomic mass is 10.1. The Bertz CT molecular complexity index is 1460. The monoisotopic (exact) mass is 498 g/mol. The smallest absolute Gasteiger partial charge is 0.0104 e. The zero-order valence-electron chi connectivity index (χ0n) is 20.2. The van der Waals surface area contributed by atoms with E-state index in [1.54, 1.807) is 0 Å². The average molecular weight is 499 g/mol. The van der Waals surface area contributed by atoms with Crippen molar-refractivity contribution >= 4 is 58.6 Å². The van der Waals surface area contributed by atoms with Gasteiger partial charge in [-0.3, -0.25) is 0 Å². The Morgan fingerprint density at radius 2 is 0.694 bits per heavy atom. The summed E-state index contributed by atoms with van der Waals surface area (Å²) in [5, 5.41) is 11.4. The lowest BCUT2D eigenvalue weighted by Crippen LogP contribution is -2.20. The molecule has 0 spiro atoms. The van der Waals surface area contributed by atoms with Crippen LogP contribution in [0.1, 0.15) is 0 Å². The molecule has 0 bridgehead atoms. The molecule has 6 aromatic carbocycles. The van der Waals surface area contributed by atoms with Crippen LogP contribution in [0.2, 0.25) is 0 Å². The van der Waals surface area contributed by atoms with Gasteiger partial charge in [0.25, 0.3) is 0 Å². The third-order valence-corrected chi connectivity index (χ3v) is 12.3. The molecule has 0 amide bonds. The molecule has 0 saturated carbocycles. The van der Waals surface area contributed by atoms with E-state index in [-0.39, 0.29) is 0 Å². The number of rotatable bonds is 7. The minimum Gasteiger partial charge on any atom is -0.0622 e. The average Bonchev–Trinajstić information content (AvgIpc) is 2.96. The van der Waals surface area contributed by atoms with E-state index in [0.717, 1.165) is 12.3 Å². The van der Waals surface area contributed by atoms with Crippen LogP contribution < -0.4 is 21.2 Å². The maximum atomic E-state index is 2.36. The Morgan fingerprint density at radius 1 is 0.333 bits per heavy atom. The van der Waals surface area contributed by atoms with Gasteiger partial charge in [-0.25, -0.2) is 0 Å². The van der Waals surface area contributed by atoms with E-state index >= 15 is 0 Å². The fourth-order valence-corrected chi connectivity index (χ4v) is 10.8. The van der Waals surface area contributed by atoms with Crippen molar-refractivity contribution in [3.63, 3.8) is 0 Å². The van der Waals surface area contributed by atoms with Crippen LogP contribution in [0, 0.1) is 0 Å². The summed E-state index contributed by atoms with van der Waals surface area (Å²) in [6.07, 6.45) is 2.33.